The number of carbonyl (C=O) groups excluding carboxylic acids is 2. The van der Waals surface area contributed by atoms with Gasteiger partial charge in [0.1, 0.15) is 5.82 Å². The highest BCUT2D eigenvalue weighted by atomic mass is 35.5. The van der Waals surface area contributed by atoms with Crippen molar-refractivity contribution >= 4 is 29.9 Å². The van der Waals surface area contributed by atoms with Gasteiger partial charge in [-0.05, 0) is 30.9 Å². The highest BCUT2D eigenvalue weighted by molar-refractivity contribution is 6.00. The predicted octanol–water partition coefficient (Wildman–Crippen LogP) is 1.45. The van der Waals surface area contributed by atoms with Crippen molar-refractivity contribution in [2.75, 3.05) is 18.0 Å². The van der Waals surface area contributed by atoms with Crippen LogP contribution in [0.2, 0.25) is 0 Å². The molecule has 1 aliphatic carbocycles. The summed E-state index contributed by atoms with van der Waals surface area (Å²) < 4.78 is 13.8. The van der Waals surface area contributed by atoms with Crippen LogP contribution in [0, 0.1) is 17.7 Å². The van der Waals surface area contributed by atoms with E-state index in [0.717, 1.165) is 12.8 Å². The number of hydrogen-bond donors (Lipinski definition) is 2. The van der Waals surface area contributed by atoms with Crippen LogP contribution in [0.3, 0.4) is 0 Å². The Morgan fingerprint density at radius 3 is 2.74 bits per heavy atom. The smallest absolute Gasteiger partial charge is 0.227 e. The molecule has 3 rings (SSSR count). The molecule has 0 spiro atoms. The lowest BCUT2D eigenvalue weighted by Gasteiger charge is -2.18. The molecular weight excluding hydrogens is 321 g/mol. The first-order valence-electron chi connectivity index (χ1n) is 7.64. The molecule has 2 atom stereocenters. The number of rotatable bonds is 5. The van der Waals surface area contributed by atoms with Crippen LogP contribution in [-0.2, 0) is 9.59 Å². The molecule has 5 nitrogen and oxygen atoms in total. The second-order valence-corrected chi connectivity index (χ2v) is 6.10. The third-order valence-corrected chi connectivity index (χ3v) is 4.38. The van der Waals surface area contributed by atoms with Gasteiger partial charge in [0.25, 0.3) is 0 Å². The zero-order valence-corrected chi connectivity index (χ0v) is 13.5. The Kier molecular flexibility index (Phi) is 5.59. The van der Waals surface area contributed by atoms with E-state index in [-0.39, 0.29) is 48.9 Å². The van der Waals surface area contributed by atoms with Gasteiger partial charge in [-0.3, -0.25) is 9.59 Å². The van der Waals surface area contributed by atoms with Gasteiger partial charge in [0, 0.05) is 25.6 Å². The summed E-state index contributed by atoms with van der Waals surface area (Å²) >= 11 is 0. The summed E-state index contributed by atoms with van der Waals surface area (Å²) in [5.74, 6) is -0.786. The summed E-state index contributed by atoms with van der Waals surface area (Å²) in [6.07, 6.45) is 2.36. The fourth-order valence-electron chi connectivity index (χ4n) is 2.84. The Morgan fingerprint density at radius 1 is 1.39 bits per heavy atom. The third-order valence-electron chi connectivity index (χ3n) is 4.38. The van der Waals surface area contributed by atoms with Gasteiger partial charge in [-0.25, -0.2) is 4.39 Å². The molecule has 1 saturated heterocycles. The van der Waals surface area contributed by atoms with E-state index in [1.807, 2.05) is 0 Å². The average molecular weight is 342 g/mol. The molecule has 1 aromatic carbocycles. The fraction of sp³-hybridized carbons (Fsp3) is 0.500. The zero-order chi connectivity index (χ0) is 15.7. The van der Waals surface area contributed by atoms with E-state index < -0.39 is 11.7 Å². The second kappa shape index (κ2) is 7.27. The standard InChI is InChI=1S/C16H20FN3O2.ClH/c17-12-3-1-2-4-14(12)20-9-11(7-15(20)21)16(22)19-8-13(18)10-5-6-10;/h1-4,10-11,13H,5-9,18H2,(H,19,22);1H. The van der Waals surface area contributed by atoms with Crippen LogP contribution >= 0.6 is 12.4 Å². The SMILES string of the molecule is Cl.NC(CNC(=O)C1CC(=O)N(c2ccccc2F)C1)C1CC1. The number of para-hydroxylation sites is 1. The van der Waals surface area contributed by atoms with Crippen LogP contribution in [0.1, 0.15) is 19.3 Å². The first-order valence-corrected chi connectivity index (χ1v) is 7.64. The quantitative estimate of drug-likeness (QED) is 0.851. The summed E-state index contributed by atoms with van der Waals surface area (Å²) in [4.78, 5) is 25.6. The van der Waals surface area contributed by atoms with Crippen molar-refractivity contribution < 1.29 is 14.0 Å². The van der Waals surface area contributed by atoms with Gasteiger partial charge in [-0.2, -0.15) is 0 Å². The van der Waals surface area contributed by atoms with Crippen molar-refractivity contribution in [3.05, 3.63) is 30.1 Å². The maximum absolute atomic E-state index is 13.8. The summed E-state index contributed by atoms with van der Waals surface area (Å²) in [6.45, 7) is 0.651. The number of nitrogens with zero attached hydrogens (tertiary/aromatic N) is 1. The highest BCUT2D eigenvalue weighted by Crippen LogP contribution is 2.31. The molecule has 1 aliphatic heterocycles. The number of amides is 2. The van der Waals surface area contributed by atoms with Crippen LogP contribution < -0.4 is 16.0 Å². The molecule has 2 unspecified atom stereocenters. The van der Waals surface area contributed by atoms with Crippen LogP contribution in [0.25, 0.3) is 0 Å². The van der Waals surface area contributed by atoms with E-state index in [2.05, 4.69) is 5.32 Å². The lowest BCUT2D eigenvalue weighted by Crippen LogP contribution is -2.41. The van der Waals surface area contributed by atoms with Gasteiger partial charge < -0.3 is 16.0 Å². The fourth-order valence-corrected chi connectivity index (χ4v) is 2.84. The largest absolute Gasteiger partial charge is 0.354 e. The minimum absolute atomic E-state index is 0. The van der Waals surface area contributed by atoms with Crippen molar-refractivity contribution in [1.82, 2.24) is 5.32 Å². The van der Waals surface area contributed by atoms with E-state index in [1.165, 1.54) is 11.0 Å². The molecule has 1 saturated carbocycles. The van der Waals surface area contributed by atoms with Crippen molar-refractivity contribution in [3.63, 3.8) is 0 Å². The van der Waals surface area contributed by atoms with Crippen LogP contribution in [0.15, 0.2) is 24.3 Å². The van der Waals surface area contributed by atoms with Gasteiger partial charge in [0.05, 0.1) is 11.6 Å². The first kappa shape index (κ1) is 17.7. The summed E-state index contributed by atoms with van der Waals surface area (Å²) in [7, 11) is 0. The number of anilines is 1. The lowest BCUT2D eigenvalue weighted by molar-refractivity contribution is -0.126. The minimum atomic E-state index is -0.451. The topological polar surface area (TPSA) is 75.4 Å². The van der Waals surface area contributed by atoms with E-state index in [4.69, 9.17) is 5.73 Å². The number of hydrogen-bond acceptors (Lipinski definition) is 3. The number of carbonyl (C=O) groups is 2. The van der Waals surface area contributed by atoms with Crippen molar-refractivity contribution in [3.8, 4) is 0 Å². The third kappa shape index (κ3) is 4.00. The van der Waals surface area contributed by atoms with Crippen molar-refractivity contribution in [2.24, 2.45) is 17.6 Å². The van der Waals surface area contributed by atoms with Gasteiger partial charge in [-0.1, -0.05) is 12.1 Å². The molecule has 7 heteroatoms. The van der Waals surface area contributed by atoms with E-state index in [0.29, 0.717) is 12.5 Å². The number of nitrogens with two attached hydrogens (primary N) is 1. The molecule has 2 aliphatic rings. The van der Waals surface area contributed by atoms with Crippen molar-refractivity contribution in [2.45, 2.75) is 25.3 Å². The molecule has 0 bridgehead atoms. The molecule has 2 fully saturated rings. The summed E-state index contributed by atoms with van der Waals surface area (Å²) in [6, 6.07) is 6.10. The van der Waals surface area contributed by atoms with Crippen LogP contribution in [-0.4, -0.2) is 30.9 Å². The maximum Gasteiger partial charge on any atom is 0.227 e. The number of nitrogens with one attached hydrogen (secondary N) is 1. The molecule has 0 aromatic heterocycles. The highest BCUT2D eigenvalue weighted by Gasteiger charge is 2.36. The number of benzene rings is 1. The van der Waals surface area contributed by atoms with Gasteiger partial charge in [-0.15, -0.1) is 12.4 Å². The summed E-state index contributed by atoms with van der Waals surface area (Å²) in [5, 5.41) is 2.82. The van der Waals surface area contributed by atoms with Gasteiger partial charge in [0.15, 0.2) is 0 Å². The monoisotopic (exact) mass is 341 g/mol. The predicted molar refractivity (Wildman–Crippen MR) is 87.8 cm³/mol. The number of halogens is 2. The molecular formula is C16H21ClFN3O2. The normalized spacial score (nSPS) is 21.7. The molecule has 23 heavy (non-hydrogen) atoms. The second-order valence-electron chi connectivity index (χ2n) is 6.10. The maximum atomic E-state index is 13.8. The van der Waals surface area contributed by atoms with E-state index in [9.17, 15) is 14.0 Å². The van der Waals surface area contributed by atoms with Crippen LogP contribution in [0.4, 0.5) is 10.1 Å². The summed E-state index contributed by atoms with van der Waals surface area (Å²) in [5.41, 5.74) is 6.18. The van der Waals surface area contributed by atoms with E-state index >= 15 is 0 Å². The molecule has 3 N–H and O–H groups in total. The molecule has 1 aromatic rings. The lowest BCUT2D eigenvalue weighted by atomic mass is 10.1. The Hall–Kier alpha value is -1.66. The molecule has 126 valence electrons. The average Bonchev–Trinajstić information content (AvgIpc) is 3.28. The molecule has 0 radical (unpaired) electrons. The van der Waals surface area contributed by atoms with E-state index in [1.54, 1.807) is 18.2 Å². The molecule has 2 amide bonds. The zero-order valence-electron chi connectivity index (χ0n) is 12.7. The Morgan fingerprint density at radius 2 is 2.09 bits per heavy atom. The first-order chi connectivity index (χ1) is 10.6. The van der Waals surface area contributed by atoms with Crippen molar-refractivity contribution in [1.29, 1.82) is 0 Å². The van der Waals surface area contributed by atoms with Crippen LogP contribution in [0.5, 0.6) is 0 Å². The Labute approximate surface area is 140 Å². The Balaban J connectivity index is 0.00000192. The van der Waals surface area contributed by atoms with Gasteiger partial charge >= 0.3 is 0 Å². The Bertz CT molecular complexity index is 594. The minimum Gasteiger partial charge on any atom is -0.354 e. The molecule has 1 heterocycles. The van der Waals surface area contributed by atoms with Gasteiger partial charge in [0.2, 0.25) is 11.8 Å².